The van der Waals surface area contributed by atoms with E-state index in [0.29, 0.717) is 21.6 Å². The lowest BCUT2D eigenvalue weighted by Gasteiger charge is -2.17. The van der Waals surface area contributed by atoms with Crippen molar-refractivity contribution in [2.45, 2.75) is 13.8 Å². The molecule has 1 aromatic heterocycles. The van der Waals surface area contributed by atoms with Crippen LogP contribution in [0.25, 0.3) is 6.08 Å². The van der Waals surface area contributed by atoms with E-state index < -0.39 is 0 Å². The monoisotopic (exact) mass is 434 g/mol. The summed E-state index contributed by atoms with van der Waals surface area (Å²) in [6.07, 6.45) is 1.65. The highest BCUT2D eigenvalue weighted by atomic mass is 32.1. The average Bonchev–Trinajstić information content (AvgIpc) is 3.28. The summed E-state index contributed by atoms with van der Waals surface area (Å²) in [5, 5.41) is 5.63. The lowest BCUT2D eigenvalue weighted by molar-refractivity contribution is -0.116. The zero-order chi connectivity index (χ0) is 21.3. The van der Waals surface area contributed by atoms with Crippen molar-refractivity contribution in [3.8, 4) is 0 Å². The predicted molar refractivity (Wildman–Crippen MR) is 124 cm³/mol. The second-order valence-corrected chi connectivity index (χ2v) is 7.88. The first-order chi connectivity index (χ1) is 14.5. The van der Waals surface area contributed by atoms with E-state index in [9.17, 15) is 9.59 Å². The molecule has 0 unspecified atom stereocenters. The Kier molecular flexibility index (Phi) is 5.43. The highest BCUT2D eigenvalue weighted by molar-refractivity contribution is 7.80. The molecule has 6 nitrogen and oxygen atoms in total. The first-order valence-electron chi connectivity index (χ1n) is 9.20. The molecule has 0 aliphatic carbocycles. The number of rotatable bonds is 4. The summed E-state index contributed by atoms with van der Waals surface area (Å²) < 4.78 is 0. The number of thiazole rings is 1. The summed E-state index contributed by atoms with van der Waals surface area (Å²) in [5.41, 5.74) is 3.35. The molecule has 0 radical (unpaired) electrons. The van der Waals surface area contributed by atoms with Gasteiger partial charge in [0.05, 0.1) is 17.1 Å². The minimum atomic E-state index is -0.240. The Morgan fingerprint density at radius 3 is 2.57 bits per heavy atom. The molecule has 2 amide bonds. The molecule has 0 saturated carbocycles. The molecule has 3 aromatic rings. The molecule has 150 valence electrons. The van der Waals surface area contributed by atoms with Crippen molar-refractivity contribution in [2.75, 3.05) is 9.80 Å². The molecule has 1 aliphatic rings. The van der Waals surface area contributed by atoms with Crippen LogP contribution < -0.4 is 15.1 Å². The van der Waals surface area contributed by atoms with E-state index in [1.54, 1.807) is 16.4 Å². The average molecular weight is 435 g/mol. The Hall–Kier alpha value is -3.36. The van der Waals surface area contributed by atoms with Gasteiger partial charge in [-0.15, -0.1) is 11.3 Å². The van der Waals surface area contributed by atoms with Crippen molar-refractivity contribution >= 4 is 63.1 Å². The number of hydrogen-bond donors (Lipinski definition) is 1. The van der Waals surface area contributed by atoms with Gasteiger partial charge < -0.3 is 5.32 Å². The Labute approximate surface area is 183 Å². The number of para-hydroxylation sites is 2. The minimum absolute atomic E-state index is 0.142. The number of nitrogens with one attached hydrogen (secondary N) is 1. The standard InChI is InChI=1S/C22H18N4O2S2/c1-14-8-6-7-11-19(14)26-20(28)18(24-21(26)29)12-16-13-30-22(23-16)25(15(2)27)17-9-4-3-5-10-17/h3-13H,1-2H3,(H,24,29)/b18-12-. The van der Waals surface area contributed by atoms with Gasteiger partial charge in [0, 0.05) is 12.3 Å². The van der Waals surface area contributed by atoms with E-state index in [4.69, 9.17) is 12.2 Å². The topological polar surface area (TPSA) is 65.5 Å². The van der Waals surface area contributed by atoms with E-state index in [-0.39, 0.29) is 11.8 Å². The molecule has 1 saturated heterocycles. The molecule has 1 fully saturated rings. The van der Waals surface area contributed by atoms with Crippen molar-refractivity contribution in [3.05, 3.63) is 76.9 Å². The summed E-state index contributed by atoms with van der Waals surface area (Å²) >= 11 is 6.71. The second kappa shape index (κ2) is 8.17. The fourth-order valence-electron chi connectivity index (χ4n) is 3.17. The van der Waals surface area contributed by atoms with Gasteiger partial charge in [0.1, 0.15) is 5.70 Å². The van der Waals surface area contributed by atoms with Gasteiger partial charge in [-0.1, -0.05) is 36.4 Å². The largest absolute Gasteiger partial charge is 0.327 e. The maximum absolute atomic E-state index is 13.0. The fraction of sp³-hybridized carbons (Fsp3) is 0.0909. The lowest BCUT2D eigenvalue weighted by Crippen LogP contribution is -2.30. The van der Waals surface area contributed by atoms with Crippen LogP contribution in [0.1, 0.15) is 18.2 Å². The second-order valence-electron chi connectivity index (χ2n) is 6.66. The third kappa shape index (κ3) is 3.74. The van der Waals surface area contributed by atoms with Crippen LogP contribution in [0.5, 0.6) is 0 Å². The summed E-state index contributed by atoms with van der Waals surface area (Å²) in [6.45, 7) is 3.42. The maximum Gasteiger partial charge on any atom is 0.281 e. The van der Waals surface area contributed by atoms with Gasteiger partial charge in [0.15, 0.2) is 10.2 Å². The van der Waals surface area contributed by atoms with Gasteiger partial charge in [0.25, 0.3) is 5.91 Å². The van der Waals surface area contributed by atoms with Crippen LogP contribution in [-0.4, -0.2) is 21.9 Å². The predicted octanol–water partition coefficient (Wildman–Crippen LogP) is 4.40. The Balaban J connectivity index is 1.63. The maximum atomic E-state index is 13.0. The number of nitrogens with zero attached hydrogens (tertiary/aromatic N) is 3. The van der Waals surface area contributed by atoms with Crippen LogP contribution in [0.4, 0.5) is 16.5 Å². The highest BCUT2D eigenvalue weighted by Crippen LogP contribution is 2.30. The summed E-state index contributed by atoms with van der Waals surface area (Å²) in [7, 11) is 0. The van der Waals surface area contributed by atoms with Gasteiger partial charge in [-0.25, -0.2) is 4.98 Å². The van der Waals surface area contributed by atoms with Crippen LogP contribution in [0.3, 0.4) is 0 Å². The number of benzene rings is 2. The molecule has 8 heteroatoms. The van der Waals surface area contributed by atoms with Crippen molar-refractivity contribution < 1.29 is 9.59 Å². The Morgan fingerprint density at radius 2 is 1.87 bits per heavy atom. The fourth-order valence-corrected chi connectivity index (χ4v) is 4.30. The number of thiocarbonyl (C=S) groups is 1. The van der Waals surface area contributed by atoms with E-state index in [1.165, 1.54) is 23.2 Å². The molecule has 0 spiro atoms. The minimum Gasteiger partial charge on any atom is -0.327 e. The van der Waals surface area contributed by atoms with Crippen molar-refractivity contribution in [2.24, 2.45) is 0 Å². The molecule has 2 aromatic carbocycles. The third-order valence-electron chi connectivity index (χ3n) is 4.56. The number of aryl methyl sites for hydroxylation is 1. The zero-order valence-electron chi connectivity index (χ0n) is 16.3. The van der Waals surface area contributed by atoms with Gasteiger partial charge >= 0.3 is 0 Å². The van der Waals surface area contributed by atoms with Gasteiger partial charge in [-0.2, -0.15) is 0 Å². The highest BCUT2D eigenvalue weighted by Gasteiger charge is 2.33. The van der Waals surface area contributed by atoms with Crippen molar-refractivity contribution in [1.82, 2.24) is 10.3 Å². The first-order valence-corrected chi connectivity index (χ1v) is 10.5. The van der Waals surface area contributed by atoms with E-state index in [1.807, 2.05) is 61.5 Å². The normalized spacial score (nSPS) is 14.9. The molecule has 2 heterocycles. The molecule has 0 bridgehead atoms. The van der Waals surface area contributed by atoms with E-state index >= 15 is 0 Å². The number of anilines is 3. The lowest BCUT2D eigenvalue weighted by atomic mass is 10.2. The SMILES string of the molecule is CC(=O)N(c1ccccc1)c1nc(/C=C2\NC(=S)N(c3ccccc3C)C2=O)cs1. The molecule has 0 atom stereocenters. The first kappa shape index (κ1) is 19.9. The van der Waals surface area contributed by atoms with Crippen molar-refractivity contribution in [1.29, 1.82) is 0 Å². The molecular formula is C22H18N4O2S2. The molecule has 1 N–H and O–H groups in total. The van der Waals surface area contributed by atoms with Gasteiger partial charge in [0.2, 0.25) is 5.91 Å². The molecule has 4 rings (SSSR count). The Morgan fingerprint density at radius 1 is 1.17 bits per heavy atom. The summed E-state index contributed by atoms with van der Waals surface area (Å²) in [4.78, 5) is 32.7. The van der Waals surface area contributed by atoms with Crippen LogP contribution in [0, 0.1) is 6.92 Å². The third-order valence-corrected chi connectivity index (χ3v) is 5.69. The number of aromatic nitrogens is 1. The Bertz CT molecular complexity index is 1170. The van der Waals surface area contributed by atoms with Crippen LogP contribution in [0.2, 0.25) is 0 Å². The van der Waals surface area contributed by atoms with E-state index in [0.717, 1.165) is 16.9 Å². The number of hydrogen-bond acceptors (Lipinski definition) is 5. The van der Waals surface area contributed by atoms with E-state index in [2.05, 4.69) is 10.3 Å². The molecular weight excluding hydrogens is 416 g/mol. The molecule has 1 aliphatic heterocycles. The number of carbonyl (C=O) groups is 2. The smallest absolute Gasteiger partial charge is 0.281 e. The van der Waals surface area contributed by atoms with Gasteiger partial charge in [-0.05, 0) is 49.0 Å². The molecule has 30 heavy (non-hydrogen) atoms. The van der Waals surface area contributed by atoms with Crippen LogP contribution >= 0.6 is 23.6 Å². The summed E-state index contributed by atoms with van der Waals surface area (Å²) in [5.74, 6) is -0.382. The summed E-state index contributed by atoms with van der Waals surface area (Å²) in [6, 6.07) is 16.9. The van der Waals surface area contributed by atoms with Crippen molar-refractivity contribution in [3.63, 3.8) is 0 Å². The zero-order valence-corrected chi connectivity index (χ0v) is 18.0. The van der Waals surface area contributed by atoms with Crippen LogP contribution in [-0.2, 0) is 9.59 Å². The van der Waals surface area contributed by atoms with Crippen LogP contribution in [0.15, 0.2) is 65.7 Å². The number of carbonyl (C=O) groups excluding carboxylic acids is 2. The number of amides is 2. The quantitative estimate of drug-likeness (QED) is 0.487. The van der Waals surface area contributed by atoms with Gasteiger partial charge in [-0.3, -0.25) is 19.4 Å².